The van der Waals surface area contributed by atoms with Gasteiger partial charge in [-0.2, -0.15) is 0 Å². The lowest BCUT2D eigenvalue weighted by Crippen LogP contribution is -2.04. The number of allylic oxidation sites excluding steroid dienone is 4. The second-order valence-electron chi connectivity index (χ2n) is 5.69. The Balaban J connectivity index is 2.20. The zero-order valence-electron chi connectivity index (χ0n) is 13.0. The molecule has 0 spiro atoms. The van der Waals surface area contributed by atoms with Crippen LogP contribution in [0.3, 0.4) is 0 Å². The first-order chi connectivity index (χ1) is 11.7. The second kappa shape index (κ2) is 6.56. The van der Waals surface area contributed by atoms with E-state index in [0.717, 1.165) is 12.3 Å². The Labute approximate surface area is 154 Å². The molecule has 0 amide bonds. The van der Waals surface area contributed by atoms with Crippen LogP contribution in [-0.2, 0) is 9.84 Å². The lowest BCUT2D eigenvalue weighted by atomic mass is 9.96. The molecule has 0 unspecified atom stereocenters. The van der Waals surface area contributed by atoms with Crippen LogP contribution in [0.1, 0.15) is 17.5 Å². The molecule has 0 fully saturated rings. The highest BCUT2D eigenvalue weighted by atomic mass is 35.5. The molecule has 130 valence electrons. The summed E-state index contributed by atoms with van der Waals surface area (Å²) in [6.07, 6.45) is 4.80. The Morgan fingerprint density at radius 3 is 2.20 bits per heavy atom. The number of halogens is 4. The summed E-state index contributed by atoms with van der Waals surface area (Å²) >= 11 is 12.0. The fourth-order valence-electron chi connectivity index (χ4n) is 2.78. The van der Waals surface area contributed by atoms with Gasteiger partial charge < -0.3 is 0 Å². The minimum atomic E-state index is -3.85. The van der Waals surface area contributed by atoms with Crippen LogP contribution in [0, 0.1) is 11.6 Å². The molecule has 1 aliphatic carbocycles. The number of sulfone groups is 1. The molecule has 3 rings (SSSR count). The molecule has 2 nitrogen and oxygen atoms in total. The van der Waals surface area contributed by atoms with Gasteiger partial charge in [0.15, 0.2) is 9.84 Å². The third-order valence-corrected chi connectivity index (χ3v) is 5.40. The van der Waals surface area contributed by atoms with E-state index in [1.54, 1.807) is 30.4 Å². The summed E-state index contributed by atoms with van der Waals surface area (Å²) in [6.45, 7) is 0. The summed E-state index contributed by atoms with van der Waals surface area (Å²) in [5, 5.41) is 0.849. The fraction of sp³-hybridized carbons (Fsp3) is 0.111. The summed E-state index contributed by atoms with van der Waals surface area (Å²) in [6, 6.07) is 6.57. The predicted octanol–water partition coefficient (Wildman–Crippen LogP) is 5.55. The monoisotopic (exact) mass is 400 g/mol. The maximum atomic E-state index is 14.5. The fourth-order valence-corrected chi connectivity index (χ4v) is 4.04. The van der Waals surface area contributed by atoms with Gasteiger partial charge in [-0.1, -0.05) is 35.4 Å². The summed E-state index contributed by atoms with van der Waals surface area (Å²) in [7, 11) is -3.85. The smallest absolute Gasteiger partial charge is 0.178 e. The van der Waals surface area contributed by atoms with E-state index in [4.69, 9.17) is 23.2 Å². The molecule has 0 bridgehead atoms. The highest BCUT2D eigenvalue weighted by molar-refractivity contribution is 7.90. The van der Waals surface area contributed by atoms with Gasteiger partial charge in [-0.25, -0.2) is 17.2 Å². The average Bonchev–Trinajstić information content (AvgIpc) is 2.96. The summed E-state index contributed by atoms with van der Waals surface area (Å²) in [5.74, 6) is -1.78. The van der Waals surface area contributed by atoms with Crippen LogP contribution >= 0.6 is 23.2 Å². The standard InChI is InChI=1S/C18H12Cl2F2O2S/c1-25(23,24)18-9-16(21)15(8-17(18)22)14-4-2-3-13(14)10-5-11(19)7-12(20)6-10/h2-3,5-9H,4H2,1H3. The van der Waals surface area contributed by atoms with Crippen molar-refractivity contribution in [3.63, 3.8) is 0 Å². The zero-order valence-corrected chi connectivity index (χ0v) is 15.3. The molecule has 0 radical (unpaired) electrons. The zero-order chi connectivity index (χ0) is 18.4. The van der Waals surface area contributed by atoms with Crippen molar-refractivity contribution in [2.75, 3.05) is 6.26 Å². The number of hydrogen-bond acceptors (Lipinski definition) is 2. The van der Waals surface area contributed by atoms with Crippen LogP contribution in [0.2, 0.25) is 10.0 Å². The van der Waals surface area contributed by atoms with E-state index in [9.17, 15) is 17.2 Å². The van der Waals surface area contributed by atoms with Crippen molar-refractivity contribution in [3.8, 4) is 0 Å². The topological polar surface area (TPSA) is 34.1 Å². The molecule has 0 saturated heterocycles. The van der Waals surface area contributed by atoms with Crippen molar-refractivity contribution < 1.29 is 17.2 Å². The molecule has 0 N–H and O–H groups in total. The van der Waals surface area contributed by atoms with Crippen LogP contribution in [0.15, 0.2) is 47.4 Å². The first kappa shape index (κ1) is 18.1. The Morgan fingerprint density at radius 2 is 1.60 bits per heavy atom. The normalized spacial score (nSPS) is 14.4. The number of benzene rings is 2. The molecular formula is C18H12Cl2F2O2S. The largest absolute Gasteiger partial charge is 0.224 e. The van der Waals surface area contributed by atoms with Crippen LogP contribution < -0.4 is 0 Å². The Kier molecular flexibility index (Phi) is 4.75. The lowest BCUT2D eigenvalue weighted by molar-refractivity contribution is 0.554. The van der Waals surface area contributed by atoms with Crippen molar-refractivity contribution in [3.05, 3.63) is 75.3 Å². The van der Waals surface area contributed by atoms with E-state index >= 15 is 0 Å². The molecule has 0 saturated carbocycles. The average molecular weight is 401 g/mol. The van der Waals surface area contributed by atoms with Crippen molar-refractivity contribution in [1.29, 1.82) is 0 Å². The van der Waals surface area contributed by atoms with E-state index in [1.165, 1.54) is 0 Å². The first-order valence-corrected chi connectivity index (χ1v) is 9.87. The van der Waals surface area contributed by atoms with Gasteiger partial charge in [0, 0.05) is 21.9 Å². The molecule has 2 aromatic rings. The maximum absolute atomic E-state index is 14.5. The first-order valence-electron chi connectivity index (χ1n) is 7.22. The molecule has 2 aromatic carbocycles. The SMILES string of the molecule is CS(=O)(=O)c1cc(F)c(C2=C(c3cc(Cl)cc(Cl)c3)C=CC2)cc1F. The van der Waals surface area contributed by atoms with E-state index in [-0.39, 0.29) is 5.56 Å². The van der Waals surface area contributed by atoms with Gasteiger partial charge in [-0.15, -0.1) is 0 Å². The van der Waals surface area contributed by atoms with Crippen LogP contribution in [0.5, 0.6) is 0 Å². The van der Waals surface area contributed by atoms with Crippen molar-refractivity contribution >= 4 is 44.2 Å². The highest BCUT2D eigenvalue weighted by Gasteiger charge is 2.22. The highest BCUT2D eigenvalue weighted by Crippen LogP contribution is 2.38. The van der Waals surface area contributed by atoms with Crippen LogP contribution in [-0.4, -0.2) is 14.7 Å². The Morgan fingerprint density at radius 1 is 0.960 bits per heavy atom. The van der Waals surface area contributed by atoms with E-state index in [0.29, 0.717) is 39.2 Å². The minimum absolute atomic E-state index is 0.0148. The predicted molar refractivity (Wildman–Crippen MR) is 96.5 cm³/mol. The van der Waals surface area contributed by atoms with Gasteiger partial charge >= 0.3 is 0 Å². The Hall–Kier alpha value is -1.69. The lowest BCUT2D eigenvalue weighted by Gasteiger charge is -2.12. The van der Waals surface area contributed by atoms with E-state index < -0.39 is 26.4 Å². The third kappa shape index (κ3) is 3.64. The van der Waals surface area contributed by atoms with Crippen molar-refractivity contribution in [2.24, 2.45) is 0 Å². The van der Waals surface area contributed by atoms with Gasteiger partial charge in [0.1, 0.15) is 16.5 Å². The Bertz CT molecular complexity index is 1020. The number of rotatable bonds is 3. The molecule has 0 aromatic heterocycles. The summed E-state index contributed by atoms with van der Waals surface area (Å²) in [5.41, 5.74) is 1.89. The van der Waals surface area contributed by atoms with E-state index in [2.05, 4.69) is 0 Å². The van der Waals surface area contributed by atoms with Crippen molar-refractivity contribution in [1.82, 2.24) is 0 Å². The van der Waals surface area contributed by atoms with Crippen molar-refractivity contribution in [2.45, 2.75) is 11.3 Å². The van der Waals surface area contributed by atoms with Crippen LogP contribution in [0.25, 0.3) is 11.1 Å². The van der Waals surface area contributed by atoms with Crippen LogP contribution in [0.4, 0.5) is 8.78 Å². The van der Waals surface area contributed by atoms with Gasteiger partial charge in [-0.05, 0) is 53.5 Å². The molecule has 25 heavy (non-hydrogen) atoms. The molecular weight excluding hydrogens is 389 g/mol. The number of hydrogen-bond donors (Lipinski definition) is 0. The quantitative estimate of drug-likeness (QED) is 0.676. The van der Waals surface area contributed by atoms with Gasteiger partial charge in [0.2, 0.25) is 0 Å². The second-order valence-corrected chi connectivity index (χ2v) is 8.55. The minimum Gasteiger partial charge on any atom is -0.224 e. The third-order valence-electron chi connectivity index (χ3n) is 3.85. The molecule has 0 heterocycles. The maximum Gasteiger partial charge on any atom is 0.178 e. The summed E-state index contributed by atoms with van der Waals surface area (Å²) in [4.78, 5) is -0.660. The molecule has 0 aliphatic heterocycles. The summed E-state index contributed by atoms with van der Waals surface area (Å²) < 4.78 is 51.8. The van der Waals surface area contributed by atoms with E-state index in [1.807, 2.05) is 0 Å². The van der Waals surface area contributed by atoms with Gasteiger partial charge in [-0.3, -0.25) is 0 Å². The van der Waals surface area contributed by atoms with Gasteiger partial charge in [0.25, 0.3) is 0 Å². The molecule has 7 heteroatoms. The van der Waals surface area contributed by atoms with Gasteiger partial charge in [0.05, 0.1) is 0 Å². The molecule has 0 atom stereocenters. The molecule has 1 aliphatic rings.